The minimum Gasteiger partial charge on any atom is -0.376 e. The molecule has 2 aromatic carbocycles. The number of carbonyl (C=O) groups excluding carboxylic acids is 1. The van der Waals surface area contributed by atoms with Crippen molar-refractivity contribution in [3.8, 4) is 0 Å². The van der Waals surface area contributed by atoms with Gasteiger partial charge in [-0.2, -0.15) is 4.31 Å². The largest absolute Gasteiger partial charge is 0.376 e. The van der Waals surface area contributed by atoms with E-state index in [4.69, 9.17) is 4.74 Å². The van der Waals surface area contributed by atoms with Crippen molar-refractivity contribution in [3.63, 3.8) is 0 Å². The first-order valence-electron chi connectivity index (χ1n) is 10.4. The van der Waals surface area contributed by atoms with Crippen molar-refractivity contribution in [2.75, 3.05) is 26.2 Å². The number of ether oxygens (including phenoxy) is 1. The van der Waals surface area contributed by atoms with Crippen LogP contribution in [0.4, 0.5) is 0 Å². The zero-order chi connectivity index (χ0) is 21.6. The second-order valence-corrected chi connectivity index (χ2v) is 9.69. The molecule has 1 aliphatic rings. The predicted octanol–water partition coefficient (Wildman–Crippen LogP) is 2.83. The first kappa shape index (κ1) is 22.5. The highest BCUT2D eigenvalue weighted by Crippen LogP contribution is 2.22. The lowest BCUT2D eigenvalue weighted by Crippen LogP contribution is -2.43. The van der Waals surface area contributed by atoms with Crippen LogP contribution in [0.3, 0.4) is 0 Å². The highest BCUT2D eigenvalue weighted by atomic mass is 32.2. The normalized spacial score (nSPS) is 16.7. The second kappa shape index (κ2) is 10.2. The molecule has 30 heavy (non-hydrogen) atoms. The van der Waals surface area contributed by atoms with Crippen LogP contribution in [-0.2, 0) is 26.0 Å². The Kier molecular flexibility index (Phi) is 7.64. The third kappa shape index (κ3) is 5.90. The summed E-state index contributed by atoms with van der Waals surface area (Å²) in [6.07, 6.45) is 2.45. The van der Waals surface area contributed by atoms with E-state index < -0.39 is 10.0 Å². The molecule has 0 spiro atoms. The summed E-state index contributed by atoms with van der Waals surface area (Å²) in [5.41, 5.74) is 2.56. The topological polar surface area (TPSA) is 75.7 Å². The van der Waals surface area contributed by atoms with Crippen molar-refractivity contribution < 1.29 is 17.9 Å². The van der Waals surface area contributed by atoms with E-state index in [-0.39, 0.29) is 30.0 Å². The molecule has 0 unspecified atom stereocenters. The minimum absolute atomic E-state index is 0.0161. The molecule has 162 valence electrons. The van der Waals surface area contributed by atoms with Gasteiger partial charge in [0.1, 0.15) is 0 Å². The Balaban J connectivity index is 1.76. The maximum atomic E-state index is 13.4. The second-order valence-electron chi connectivity index (χ2n) is 7.78. The maximum absolute atomic E-state index is 13.4. The van der Waals surface area contributed by atoms with E-state index in [2.05, 4.69) is 5.32 Å². The van der Waals surface area contributed by atoms with Crippen molar-refractivity contribution in [2.24, 2.45) is 0 Å². The molecule has 2 aromatic rings. The molecule has 1 aliphatic heterocycles. The van der Waals surface area contributed by atoms with Gasteiger partial charge < -0.3 is 10.1 Å². The Morgan fingerprint density at radius 1 is 1.17 bits per heavy atom. The lowest BCUT2D eigenvalue weighted by atomic mass is 10.1. The smallest absolute Gasteiger partial charge is 0.243 e. The predicted molar refractivity (Wildman–Crippen MR) is 117 cm³/mol. The van der Waals surface area contributed by atoms with E-state index in [0.29, 0.717) is 25.1 Å². The fourth-order valence-corrected chi connectivity index (χ4v) is 5.26. The first-order chi connectivity index (χ1) is 14.4. The Bertz CT molecular complexity index is 954. The number of hydrogen-bond acceptors (Lipinski definition) is 4. The molecular weight excluding hydrogens is 400 g/mol. The van der Waals surface area contributed by atoms with Crippen LogP contribution in [0.15, 0.2) is 53.4 Å². The number of amides is 1. The van der Waals surface area contributed by atoms with Gasteiger partial charge in [-0.25, -0.2) is 8.42 Å². The zero-order valence-electron chi connectivity index (χ0n) is 17.6. The molecule has 0 radical (unpaired) electrons. The van der Waals surface area contributed by atoms with Crippen molar-refractivity contribution in [3.05, 3.63) is 65.2 Å². The summed E-state index contributed by atoms with van der Waals surface area (Å²) in [7, 11) is -3.82. The third-order valence-electron chi connectivity index (χ3n) is 5.33. The molecule has 0 aliphatic carbocycles. The van der Waals surface area contributed by atoms with Gasteiger partial charge in [0.05, 0.1) is 17.5 Å². The Morgan fingerprint density at radius 2 is 1.93 bits per heavy atom. The molecule has 0 aromatic heterocycles. The summed E-state index contributed by atoms with van der Waals surface area (Å²) >= 11 is 0. The van der Waals surface area contributed by atoms with Crippen LogP contribution >= 0.6 is 0 Å². The summed E-state index contributed by atoms with van der Waals surface area (Å²) in [5.74, 6) is -0.313. The van der Waals surface area contributed by atoms with Crippen molar-refractivity contribution in [1.82, 2.24) is 9.62 Å². The Labute approximate surface area is 179 Å². The number of benzene rings is 2. The zero-order valence-corrected chi connectivity index (χ0v) is 18.5. The van der Waals surface area contributed by atoms with E-state index in [1.165, 1.54) is 4.31 Å². The number of rotatable bonds is 9. The van der Waals surface area contributed by atoms with Gasteiger partial charge >= 0.3 is 0 Å². The SMILES string of the molecule is Cc1ccc(C)c(S(=O)(=O)N(CCc2ccccc2)CC(=O)NC[C@@H]2CCCO2)c1. The number of sulfonamides is 1. The number of nitrogens with zero attached hydrogens (tertiary/aromatic N) is 1. The molecule has 3 rings (SSSR count). The molecular formula is C23H30N2O4S. The van der Waals surface area contributed by atoms with E-state index in [1.807, 2.05) is 43.3 Å². The van der Waals surface area contributed by atoms with Crippen LogP contribution in [0.25, 0.3) is 0 Å². The minimum atomic E-state index is -3.82. The van der Waals surface area contributed by atoms with Crippen LogP contribution < -0.4 is 5.32 Å². The summed E-state index contributed by atoms with van der Waals surface area (Å²) in [4.78, 5) is 12.8. The van der Waals surface area contributed by atoms with Crippen LogP contribution in [0.5, 0.6) is 0 Å². The van der Waals surface area contributed by atoms with E-state index in [9.17, 15) is 13.2 Å². The molecule has 1 saturated heterocycles. The van der Waals surface area contributed by atoms with Crippen molar-refractivity contribution >= 4 is 15.9 Å². The summed E-state index contributed by atoms with van der Waals surface area (Å²) in [6.45, 7) is 4.78. The number of carbonyl (C=O) groups is 1. The summed E-state index contributed by atoms with van der Waals surface area (Å²) in [6, 6.07) is 15.0. The third-order valence-corrected chi connectivity index (χ3v) is 7.31. The first-order valence-corrected chi connectivity index (χ1v) is 11.8. The summed E-state index contributed by atoms with van der Waals surface area (Å²) < 4.78 is 33.7. The van der Waals surface area contributed by atoms with Gasteiger partial charge in [-0.15, -0.1) is 0 Å². The summed E-state index contributed by atoms with van der Waals surface area (Å²) in [5, 5.41) is 2.83. The van der Waals surface area contributed by atoms with Crippen molar-refractivity contribution in [2.45, 2.75) is 44.1 Å². The van der Waals surface area contributed by atoms with Crippen molar-refractivity contribution in [1.29, 1.82) is 0 Å². The molecule has 1 N–H and O–H groups in total. The highest BCUT2D eigenvalue weighted by molar-refractivity contribution is 7.89. The Hall–Kier alpha value is -2.22. The standard InChI is InChI=1S/C23H30N2O4S/c1-18-10-11-19(2)22(15-18)30(27,28)25(13-12-20-7-4-3-5-8-20)17-23(26)24-16-21-9-6-14-29-21/h3-5,7-8,10-11,15,21H,6,9,12-14,16-17H2,1-2H3,(H,24,26)/t21-/m0/s1. The maximum Gasteiger partial charge on any atom is 0.243 e. The molecule has 7 heteroatoms. The fraction of sp³-hybridized carbons (Fsp3) is 0.435. The van der Waals surface area contributed by atoms with Crippen LogP contribution in [0, 0.1) is 13.8 Å². The fourth-order valence-electron chi connectivity index (χ4n) is 3.56. The van der Waals surface area contributed by atoms with E-state index >= 15 is 0 Å². The highest BCUT2D eigenvalue weighted by Gasteiger charge is 2.28. The number of aryl methyl sites for hydroxylation is 2. The molecule has 1 amide bonds. The van der Waals surface area contributed by atoms with Gasteiger partial charge in [0.15, 0.2) is 0 Å². The number of nitrogens with one attached hydrogen (secondary N) is 1. The molecule has 1 atom stereocenters. The van der Waals surface area contributed by atoms with Gasteiger partial charge in [0, 0.05) is 19.7 Å². The molecule has 1 fully saturated rings. The van der Waals surface area contributed by atoms with Gasteiger partial charge in [0.25, 0.3) is 0 Å². The van der Waals surface area contributed by atoms with Crippen LogP contribution in [-0.4, -0.2) is 51.0 Å². The van der Waals surface area contributed by atoms with E-state index in [1.54, 1.807) is 19.1 Å². The van der Waals surface area contributed by atoms with Crippen LogP contribution in [0.2, 0.25) is 0 Å². The number of hydrogen-bond donors (Lipinski definition) is 1. The molecule has 0 saturated carbocycles. The molecule has 0 bridgehead atoms. The van der Waals surface area contributed by atoms with Crippen LogP contribution in [0.1, 0.15) is 29.5 Å². The van der Waals surface area contributed by atoms with E-state index in [0.717, 1.165) is 24.0 Å². The average Bonchev–Trinajstić information content (AvgIpc) is 3.25. The molecule has 6 nitrogen and oxygen atoms in total. The lowest BCUT2D eigenvalue weighted by Gasteiger charge is -2.23. The quantitative estimate of drug-likeness (QED) is 0.664. The Morgan fingerprint density at radius 3 is 2.63 bits per heavy atom. The average molecular weight is 431 g/mol. The van der Waals surface area contributed by atoms with Gasteiger partial charge in [-0.3, -0.25) is 4.79 Å². The monoisotopic (exact) mass is 430 g/mol. The molecule has 1 heterocycles. The van der Waals surface area contributed by atoms with Gasteiger partial charge in [0.2, 0.25) is 15.9 Å². The lowest BCUT2D eigenvalue weighted by molar-refractivity contribution is -0.121. The van der Waals surface area contributed by atoms with Gasteiger partial charge in [-0.05, 0) is 55.9 Å². The van der Waals surface area contributed by atoms with Gasteiger partial charge in [-0.1, -0.05) is 42.5 Å².